The first kappa shape index (κ1) is 16.6. The van der Waals surface area contributed by atoms with Gasteiger partial charge in [0.15, 0.2) is 0 Å². The fraction of sp³-hybridized carbons (Fsp3) is 0.381. The number of benzene rings is 2. The lowest BCUT2D eigenvalue weighted by Gasteiger charge is -2.24. The van der Waals surface area contributed by atoms with Crippen LogP contribution in [0.15, 0.2) is 48.5 Å². The van der Waals surface area contributed by atoms with Crippen molar-refractivity contribution in [1.82, 2.24) is 0 Å². The molecule has 0 unspecified atom stereocenters. The molecule has 0 bridgehead atoms. The third-order valence-electron chi connectivity index (χ3n) is 4.54. The van der Waals surface area contributed by atoms with Crippen molar-refractivity contribution < 1.29 is 4.79 Å². The van der Waals surface area contributed by atoms with Crippen LogP contribution in [-0.2, 0) is 16.8 Å². The second-order valence-corrected chi connectivity index (χ2v) is 7.69. The molecule has 2 aromatic rings. The van der Waals surface area contributed by atoms with Crippen LogP contribution in [0.5, 0.6) is 0 Å². The Labute approximate surface area is 144 Å². The zero-order valence-corrected chi connectivity index (χ0v) is 15.0. The van der Waals surface area contributed by atoms with E-state index < -0.39 is 0 Å². The van der Waals surface area contributed by atoms with Crippen LogP contribution >= 0.6 is 0 Å². The number of rotatable bonds is 2. The van der Waals surface area contributed by atoms with Gasteiger partial charge in [0, 0.05) is 12.5 Å². The molecule has 0 radical (unpaired) electrons. The molecule has 1 aliphatic heterocycles. The number of amides is 1. The predicted molar refractivity (Wildman–Crippen MR) is 100 cm³/mol. The molecule has 1 N–H and O–H groups in total. The highest BCUT2D eigenvalue weighted by Crippen LogP contribution is 2.32. The van der Waals surface area contributed by atoms with Crippen molar-refractivity contribution in [3.8, 4) is 0 Å². The number of fused-ring (bicyclic) bond motifs is 1. The third kappa shape index (κ3) is 3.45. The van der Waals surface area contributed by atoms with Gasteiger partial charge in [-0.1, -0.05) is 57.2 Å². The molecule has 126 valence electrons. The molecule has 1 heterocycles. The fourth-order valence-electron chi connectivity index (χ4n) is 3.12. The van der Waals surface area contributed by atoms with E-state index in [-0.39, 0.29) is 17.4 Å². The van der Waals surface area contributed by atoms with Crippen LogP contribution in [0.25, 0.3) is 0 Å². The molecule has 1 atom stereocenters. The van der Waals surface area contributed by atoms with Gasteiger partial charge in [-0.2, -0.15) is 0 Å². The monoisotopic (exact) mass is 322 g/mol. The summed E-state index contributed by atoms with van der Waals surface area (Å²) in [6.07, 6.45) is 0.509. The lowest BCUT2D eigenvalue weighted by Crippen LogP contribution is -2.31. The van der Waals surface area contributed by atoms with E-state index in [4.69, 9.17) is 0 Å². The Hall–Kier alpha value is -2.29. The number of hydrogen-bond acceptors (Lipinski definition) is 2. The molecular formula is C21H26N2O. The lowest BCUT2D eigenvalue weighted by atomic mass is 9.87. The summed E-state index contributed by atoms with van der Waals surface area (Å²) in [7, 11) is 0. The second kappa shape index (κ2) is 6.31. The van der Waals surface area contributed by atoms with E-state index in [1.165, 1.54) is 5.56 Å². The summed E-state index contributed by atoms with van der Waals surface area (Å²) in [5, 5.41) is 3.44. The quantitative estimate of drug-likeness (QED) is 0.867. The zero-order valence-electron chi connectivity index (χ0n) is 15.0. The summed E-state index contributed by atoms with van der Waals surface area (Å²) < 4.78 is 0. The van der Waals surface area contributed by atoms with E-state index >= 15 is 0 Å². The van der Waals surface area contributed by atoms with E-state index in [0.717, 1.165) is 16.9 Å². The van der Waals surface area contributed by atoms with Gasteiger partial charge in [0.25, 0.3) is 0 Å². The molecule has 0 fully saturated rings. The van der Waals surface area contributed by atoms with Crippen LogP contribution in [0.4, 0.5) is 11.4 Å². The molecule has 1 amide bonds. The fourth-order valence-corrected chi connectivity index (χ4v) is 3.12. The molecule has 3 nitrogen and oxygen atoms in total. The Balaban J connectivity index is 1.89. The smallest absolute Gasteiger partial charge is 0.229 e. The van der Waals surface area contributed by atoms with Crippen LogP contribution in [0.1, 0.15) is 45.2 Å². The number of anilines is 2. The summed E-state index contributed by atoms with van der Waals surface area (Å²) in [6.45, 7) is 9.29. The highest BCUT2D eigenvalue weighted by atomic mass is 16.2. The second-order valence-electron chi connectivity index (χ2n) is 7.69. The van der Waals surface area contributed by atoms with Crippen molar-refractivity contribution in [1.29, 1.82) is 0 Å². The van der Waals surface area contributed by atoms with Gasteiger partial charge in [-0.25, -0.2) is 0 Å². The topological polar surface area (TPSA) is 32.3 Å². The van der Waals surface area contributed by atoms with Crippen molar-refractivity contribution in [2.45, 2.75) is 52.1 Å². The molecular weight excluding hydrogens is 296 g/mol. The van der Waals surface area contributed by atoms with Gasteiger partial charge >= 0.3 is 0 Å². The average Bonchev–Trinajstić information content (AvgIpc) is 2.63. The lowest BCUT2D eigenvalue weighted by molar-refractivity contribution is -0.118. The third-order valence-corrected chi connectivity index (χ3v) is 4.54. The first-order chi connectivity index (χ1) is 11.3. The minimum atomic E-state index is 0.142. The van der Waals surface area contributed by atoms with Gasteiger partial charge in [-0.3, -0.25) is 4.79 Å². The van der Waals surface area contributed by atoms with Crippen molar-refractivity contribution in [3.05, 3.63) is 59.7 Å². The molecule has 1 aliphatic rings. The number of para-hydroxylation sites is 2. The Kier molecular flexibility index (Phi) is 4.35. The number of carbonyl (C=O) groups is 1. The number of nitrogens with zero attached hydrogens (tertiary/aromatic N) is 1. The standard InChI is InChI=1S/C21H26N2O/c1-15-13-20(24)23(19-8-6-5-7-18(19)22-15)14-16-9-11-17(12-10-16)21(2,3)4/h5-12,15,22H,13-14H2,1-4H3/t15-/m1/s1. The van der Waals surface area contributed by atoms with Crippen LogP contribution in [0.2, 0.25) is 0 Å². The van der Waals surface area contributed by atoms with Crippen LogP contribution in [-0.4, -0.2) is 11.9 Å². The van der Waals surface area contributed by atoms with Crippen LogP contribution < -0.4 is 10.2 Å². The van der Waals surface area contributed by atoms with Crippen molar-refractivity contribution in [2.24, 2.45) is 0 Å². The Morgan fingerprint density at radius 2 is 1.75 bits per heavy atom. The number of hydrogen-bond donors (Lipinski definition) is 1. The van der Waals surface area contributed by atoms with E-state index in [9.17, 15) is 4.79 Å². The zero-order chi connectivity index (χ0) is 17.3. The van der Waals surface area contributed by atoms with Gasteiger partial charge in [0.1, 0.15) is 0 Å². The van der Waals surface area contributed by atoms with Crippen molar-refractivity contribution in [3.63, 3.8) is 0 Å². The van der Waals surface area contributed by atoms with Gasteiger partial charge in [-0.05, 0) is 35.6 Å². The Morgan fingerprint density at radius 1 is 1.08 bits per heavy atom. The maximum Gasteiger partial charge on any atom is 0.229 e. The maximum atomic E-state index is 12.7. The summed E-state index contributed by atoms with van der Waals surface area (Å²) in [5.74, 6) is 0.167. The van der Waals surface area contributed by atoms with Crippen molar-refractivity contribution in [2.75, 3.05) is 10.2 Å². The summed E-state index contributed by atoms with van der Waals surface area (Å²) >= 11 is 0. The predicted octanol–water partition coefficient (Wildman–Crippen LogP) is 4.72. The first-order valence-electron chi connectivity index (χ1n) is 8.60. The molecule has 0 spiro atoms. The molecule has 24 heavy (non-hydrogen) atoms. The van der Waals surface area contributed by atoms with Gasteiger partial charge in [0.05, 0.1) is 17.9 Å². The average molecular weight is 322 g/mol. The highest BCUT2D eigenvalue weighted by Gasteiger charge is 2.25. The van der Waals surface area contributed by atoms with Crippen molar-refractivity contribution >= 4 is 17.3 Å². The van der Waals surface area contributed by atoms with E-state index in [1.54, 1.807) is 0 Å². The van der Waals surface area contributed by atoms with E-state index in [2.05, 4.69) is 57.3 Å². The largest absolute Gasteiger partial charge is 0.380 e. The van der Waals surface area contributed by atoms with Gasteiger partial charge < -0.3 is 10.2 Å². The van der Waals surface area contributed by atoms with Gasteiger partial charge in [0.2, 0.25) is 5.91 Å². The minimum absolute atomic E-state index is 0.142. The minimum Gasteiger partial charge on any atom is -0.380 e. The molecule has 0 aromatic heterocycles. The number of carbonyl (C=O) groups excluding carboxylic acids is 1. The van der Waals surface area contributed by atoms with E-state index in [1.807, 2.05) is 29.2 Å². The maximum absolute atomic E-state index is 12.7. The van der Waals surface area contributed by atoms with Crippen LogP contribution in [0.3, 0.4) is 0 Å². The normalized spacial score (nSPS) is 17.9. The molecule has 3 heteroatoms. The summed E-state index contributed by atoms with van der Waals surface area (Å²) in [5.41, 5.74) is 4.60. The van der Waals surface area contributed by atoms with Crippen LogP contribution in [0, 0.1) is 0 Å². The Bertz CT molecular complexity index is 728. The summed E-state index contributed by atoms with van der Waals surface area (Å²) in [6, 6.07) is 16.8. The molecule has 0 saturated heterocycles. The first-order valence-corrected chi connectivity index (χ1v) is 8.60. The highest BCUT2D eigenvalue weighted by molar-refractivity contribution is 5.98. The molecule has 0 saturated carbocycles. The molecule has 0 aliphatic carbocycles. The van der Waals surface area contributed by atoms with E-state index in [0.29, 0.717) is 13.0 Å². The SMILES string of the molecule is C[C@@H]1CC(=O)N(Cc2ccc(C(C)(C)C)cc2)c2ccccc2N1. The Morgan fingerprint density at radius 3 is 2.42 bits per heavy atom. The molecule has 3 rings (SSSR count). The van der Waals surface area contributed by atoms with Gasteiger partial charge in [-0.15, -0.1) is 0 Å². The molecule has 2 aromatic carbocycles. The summed E-state index contributed by atoms with van der Waals surface area (Å²) in [4.78, 5) is 14.6. The number of nitrogens with one attached hydrogen (secondary N) is 1.